The van der Waals surface area contributed by atoms with Crippen molar-refractivity contribution in [3.05, 3.63) is 58.6 Å². The Morgan fingerprint density at radius 3 is 2.29 bits per heavy atom. The summed E-state index contributed by atoms with van der Waals surface area (Å²) in [5.41, 5.74) is 1.14. The number of hydrogen-bond acceptors (Lipinski definition) is 5. The molecule has 0 bridgehead atoms. The molecular formula is C24H32BrN3O5S. The fourth-order valence-corrected chi connectivity index (χ4v) is 4.54. The summed E-state index contributed by atoms with van der Waals surface area (Å²) in [6.07, 6.45) is 1.79. The molecule has 34 heavy (non-hydrogen) atoms. The number of sulfonamides is 1. The van der Waals surface area contributed by atoms with Gasteiger partial charge in [-0.25, -0.2) is 8.42 Å². The highest BCUT2D eigenvalue weighted by molar-refractivity contribution is 9.10. The van der Waals surface area contributed by atoms with Gasteiger partial charge in [0, 0.05) is 17.1 Å². The summed E-state index contributed by atoms with van der Waals surface area (Å²) in [6.45, 7) is 5.19. The Morgan fingerprint density at radius 2 is 1.76 bits per heavy atom. The Morgan fingerprint density at radius 1 is 1.12 bits per heavy atom. The standard InChI is InChI=1S/C24H32BrN3O5S/c1-6-17(2)26-24(30)18(3)27(15-19-8-7-9-20(25)14-19)23(29)16-28(34(5,31)32)21-10-12-22(33-4)13-11-21/h7-14,17-18H,6,15-16H2,1-5H3,(H,26,30)/t17-,18+/m0/s1. The van der Waals surface area contributed by atoms with Crippen LogP contribution in [0.3, 0.4) is 0 Å². The van der Waals surface area contributed by atoms with Crippen molar-refractivity contribution in [1.29, 1.82) is 0 Å². The summed E-state index contributed by atoms with van der Waals surface area (Å²) in [5, 5.41) is 2.90. The summed E-state index contributed by atoms with van der Waals surface area (Å²) in [5.74, 6) is -0.226. The van der Waals surface area contributed by atoms with E-state index >= 15 is 0 Å². The molecule has 2 rings (SSSR count). The third kappa shape index (κ3) is 7.73. The minimum absolute atomic E-state index is 0.0513. The van der Waals surface area contributed by atoms with Gasteiger partial charge in [0.25, 0.3) is 0 Å². The number of carbonyl (C=O) groups excluding carboxylic acids is 2. The maximum Gasteiger partial charge on any atom is 0.244 e. The van der Waals surface area contributed by atoms with Crippen LogP contribution in [0.4, 0.5) is 5.69 Å². The van der Waals surface area contributed by atoms with Gasteiger partial charge in [0.05, 0.1) is 19.1 Å². The Hall–Kier alpha value is -2.59. The Kier molecular flexibility index (Phi) is 9.93. The zero-order valence-electron chi connectivity index (χ0n) is 20.1. The van der Waals surface area contributed by atoms with E-state index in [2.05, 4.69) is 21.2 Å². The van der Waals surface area contributed by atoms with E-state index in [1.54, 1.807) is 31.2 Å². The molecule has 0 unspecified atom stereocenters. The number of rotatable bonds is 11. The third-order valence-corrected chi connectivity index (χ3v) is 7.08. The van der Waals surface area contributed by atoms with Gasteiger partial charge in [0.15, 0.2) is 0 Å². The predicted molar refractivity (Wildman–Crippen MR) is 137 cm³/mol. The summed E-state index contributed by atoms with van der Waals surface area (Å²) in [6, 6.07) is 13.0. The van der Waals surface area contributed by atoms with E-state index in [1.165, 1.54) is 12.0 Å². The summed E-state index contributed by atoms with van der Waals surface area (Å²) in [4.78, 5) is 27.8. The van der Waals surface area contributed by atoms with Crippen LogP contribution >= 0.6 is 15.9 Å². The fraction of sp³-hybridized carbons (Fsp3) is 0.417. The molecular weight excluding hydrogens is 522 g/mol. The minimum atomic E-state index is -3.78. The van der Waals surface area contributed by atoms with Crippen LogP contribution in [0.15, 0.2) is 53.0 Å². The van der Waals surface area contributed by atoms with Gasteiger partial charge in [-0.15, -0.1) is 0 Å². The second-order valence-electron chi connectivity index (χ2n) is 8.11. The number of anilines is 1. The number of nitrogens with zero attached hydrogens (tertiary/aromatic N) is 2. The molecule has 10 heteroatoms. The molecule has 0 radical (unpaired) electrons. The van der Waals surface area contributed by atoms with Crippen LogP contribution in [0.5, 0.6) is 5.75 Å². The Labute approximate surface area is 210 Å². The van der Waals surface area contributed by atoms with Gasteiger partial charge in [0.2, 0.25) is 21.8 Å². The monoisotopic (exact) mass is 553 g/mol. The molecule has 0 fully saturated rings. The molecule has 186 valence electrons. The second kappa shape index (κ2) is 12.2. The van der Waals surface area contributed by atoms with E-state index in [0.717, 1.165) is 27.0 Å². The zero-order chi connectivity index (χ0) is 25.5. The van der Waals surface area contributed by atoms with E-state index in [0.29, 0.717) is 11.4 Å². The van der Waals surface area contributed by atoms with Crippen molar-refractivity contribution in [2.45, 2.75) is 45.8 Å². The quantitative estimate of drug-likeness (QED) is 0.459. The van der Waals surface area contributed by atoms with Gasteiger partial charge in [-0.3, -0.25) is 13.9 Å². The second-order valence-corrected chi connectivity index (χ2v) is 10.9. The van der Waals surface area contributed by atoms with Gasteiger partial charge >= 0.3 is 0 Å². The van der Waals surface area contributed by atoms with Crippen molar-refractivity contribution >= 4 is 43.5 Å². The van der Waals surface area contributed by atoms with Crippen LogP contribution < -0.4 is 14.4 Å². The van der Waals surface area contributed by atoms with Crippen LogP contribution in [0.25, 0.3) is 0 Å². The third-order valence-electron chi connectivity index (χ3n) is 5.45. The normalized spacial score (nSPS) is 13.0. The molecule has 0 saturated heterocycles. The number of methoxy groups -OCH3 is 1. The van der Waals surface area contributed by atoms with Crippen LogP contribution in [-0.2, 0) is 26.2 Å². The molecule has 0 aliphatic heterocycles. The lowest BCUT2D eigenvalue weighted by Crippen LogP contribution is -2.52. The molecule has 0 spiro atoms. The van der Waals surface area contributed by atoms with Gasteiger partial charge in [0.1, 0.15) is 18.3 Å². The van der Waals surface area contributed by atoms with Crippen molar-refractivity contribution in [2.24, 2.45) is 0 Å². The first-order valence-electron chi connectivity index (χ1n) is 10.9. The maximum absolute atomic E-state index is 13.5. The lowest BCUT2D eigenvalue weighted by atomic mass is 10.1. The highest BCUT2D eigenvalue weighted by atomic mass is 79.9. The lowest BCUT2D eigenvalue weighted by Gasteiger charge is -2.32. The smallest absolute Gasteiger partial charge is 0.244 e. The molecule has 0 heterocycles. The zero-order valence-corrected chi connectivity index (χ0v) is 22.5. The molecule has 2 amide bonds. The summed E-state index contributed by atoms with van der Waals surface area (Å²) >= 11 is 3.43. The van der Waals surface area contributed by atoms with Crippen molar-refractivity contribution in [3.8, 4) is 5.75 Å². The molecule has 1 N–H and O–H groups in total. The topological polar surface area (TPSA) is 96.0 Å². The van der Waals surface area contributed by atoms with Gasteiger partial charge in [-0.05, 0) is 62.2 Å². The highest BCUT2D eigenvalue weighted by Gasteiger charge is 2.30. The highest BCUT2D eigenvalue weighted by Crippen LogP contribution is 2.22. The Bertz CT molecular complexity index is 1090. The average Bonchev–Trinajstić information content (AvgIpc) is 2.79. The van der Waals surface area contributed by atoms with Crippen molar-refractivity contribution in [3.63, 3.8) is 0 Å². The van der Waals surface area contributed by atoms with E-state index in [9.17, 15) is 18.0 Å². The largest absolute Gasteiger partial charge is 0.497 e. The van der Waals surface area contributed by atoms with Crippen molar-refractivity contribution in [1.82, 2.24) is 10.2 Å². The number of ether oxygens (including phenoxy) is 1. The molecule has 2 atom stereocenters. The van der Waals surface area contributed by atoms with E-state index in [-0.39, 0.29) is 18.5 Å². The SMILES string of the molecule is CC[C@H](C)NC(=O)[C@@H](C)N(Cc1cccc(Br)c1)C(=O)CN(c1ccc(OC)cc1)S(C)(=O)=O. The predicted octanol–water partition coefficient (Wildman–Crippen LogP) is 3.56. The van der Waals surface area contributed by atoms with Crippen LogP contribution in [0.2, 0.25) is 0 Å². The van der Waals surface area contributed by atoms with Crippen LogP contribution in [0, 0.1) is 0 Å². The van der Waals surface area contributed by atoms with Gasteiger partial charge in [-0.2, -0.15) is 0 Å². The van der Waals surface area contributed by atoms with E-state index in [1.807, 2.05) is 38.1 Å². The number of benzene rings is 2. The minimum Gasteiger partial charge on any atom is -0.497 e. The van der Waals surface area contributed by atoms with Crippen molar-refractivity contribution in [2.75, 3.05) is 24.2 Å². The van der Waals surface area contributed by atoms with Crippen LogP contribution in [0.1, 0.15) is 32.8 Å². The fourth-order valence-electron chi connectivity index (χ4n) is 3.24. The number of nitrogens with one attached hydrogen (secondary N) is 1. The first-order chi connectivity index (χ1) is 16.0. The maximum atomic E-state index is 13.5. The first kappa shape index (κ1) is 27.7. The van der Waals surface area contributed by atoms with E-state index < -0.39 is 28.5 Å². The number of hydrogen-bond donors (Lipinski definition) is 1. The molecule has 2 aromatic rings. The Balaban J connectivity index is 2.37. The molecule has 8 nitrogen and oxygen atoms in total. The summed E-state index contributed by atoms with van der Waals surface area (Å²) < 4.78 is 32.2. The molecule has 0 aliphatic carbocycles. The molecule has 0 aliphatic rings. The van der Waals surface area contributed by atoms with Crippen LogP contribution in [-0.4, -0.2) is 57.1 Å². The number of halogens is 1. The number of carbonyl (C=O) groups is 2. The van der Waals surface area contributed by atoms with E-state index in [4.69, 9.17) is 4.74 Å². The molecule has 0 aromatic heterocycles. The first-order valence-corrected chi connectivity index (χ1v) is 13.6. The van der Waals surface area contributed by atoms with Crippen molar-refractivity contribution < 1.29 is 22.7 Å². The van der Waals surface area contributed by atoms with Gasteiger partial charge < -0.3 is 15.0 Å². The number of amides is 2. The average molecular weight is 555 g/mol. The van der Waals surface area contributed by atoms with Gasteiger partial charge in [-0.1, -0.05) is 35.0 Å². The molecule has 0 saturated carbocycles. The molecule has 2 aromatic carbocycles. The lowest BCUT2D eigenvalue weighted by molar-refractivity contribution is -0.139. The summed E-state index contributed by atoms with van der Waals surface area (Å²) in [7, 11) is -2.27.